The van der Waals surface area contributed by atoms with Crippen molar-refractivity contribution in [1.29, 1.82) is 0 Å². The Kier molecular flexibility index (Phi) is 10.1. The summed E-state index contributed by atoms with van der Waals surface area (Å²) in [6.45, 7) is 5.71. The van der Waals surface area contributed by atoms with Gasteiger partial charge in [-0.1, -0.05) is 13.8 Å². The number of carbonyl (C=O) groups excluding carboxylic acids is 1. The van der Waals surface area contributed by atoms with Gasteiger partial charge in [0.05, 0.1) is 6.04 Å². The SMILES string of the molecule is CC(C)C[C@H](N)C(=O)NCC1CCCN1c1cccnn1.Cl.Cl. The average Bonchev–Trinajstić information content (AvgIpc) is 2.93. The Morgan fingerprint density at radius 2 is 2.22 bits per heavy atom. The Morgan fingerprint density at radius 3 is 2.83 bits per heavy atom. The number of nitrogens with one attached hydrogen (secondary N) is 1. The van der Waals surface area contributed by atoms with Gasteiger partial charge >= 0.3 is 0 Å². The zero-order valence-corrected chi connectivity index (χ0v) is 15.3. The third-order valence-corrected chi connectivity index (χ3v) is 3.80. The number of nitrogens with zero attached hydrogens (tertiary/aromatic N) is 3. The Bertz CT molecular complexity index is 460. The maximum absolute atomic E-state index is 12.0. The van der Waals surface area contributed by atoms with Crippen LogP contribution in [0.25, 0.3) is 0 Å². The molecule has 2 rings (SSSR count). The van der Waals surface area contributed by atoms with E-state index in [9.17, 15) is 4.79 Å². The Balaban J connectivity index is 0.00000242. The number of hydrogen-bond acceptors (Lipinski definition) is 5. The molecular weight excluding hydrogens is 337 g/mol. The summed E-state index contributed by atoms with van der Waals surface area (Å²) in [6, 6.07) is 3.69. The third-order valence-electron chi connectivity index (χ3n) is 3.80. The van der Waals surface area contributed by atoms with Crippen LogP contribution in [0.15, 0.2) is 18.3 Å². The monoisotopic (exact) mass is 363 g/mol. The molecule has 3 N–H and O–H groups in total. The van der Waals surface area contributed by atoms with Gasteiger partial charge in [0, 0.05) is 25.3 Å². The van der Waals surface area contributed by atoms with E-state index >= 15 is 0 Å². The number of halogens is 2. The van der Waals surface area contributed by atoms with Crippen molar-refractivity contribution < 1.29 is 4.79 Å². The summed E-state index contributed by atoms with van der Waals surface area (Å²) in [6.07, 6.45) is 4.54. The van der Waals surface area contributed by atoms with Gasteiger partial charge in [0.2, 0.25) is 5.91 Å². The Hall–Kier alpha value is -1.11. The average molecular weight is 364 g/mol. The molecule has 1 aromatic heterocycles. The number of rotatable bonds is 6. The van der Waals surface area contributed by atoms with Crippen molar-refractivity contribution in [2.45, 2.75) is 45.2 Å². The van der Waals surface area contributed by atoms with E-state index in [1.807, 2.05) is 12.1 Å². The Labute approximate surface area is 150 Å². The minimum absolute atomic E-state index is 0. The van der Waals surface area contributed by atoms with E-state index in [2.05, 4.69) is 34.3 Å². The fourth-order valence-electron chi connectivity index (χ4n) is 2.76. The van der Waals surface area contributed by atoms with Crippen molar-refractivity contribution in [1.82, 2.24) is 15.5 Å². The maximum atomic E-state index is 12.0. The summed E-state index contributed by atoms with van der Waals surface area (Å²) in [5, 5.41) is 11.0. The molecular formula is C15H27Cl2N5O. The van der Waals surface area contributed by atoms with E-state index in [4.69, 9.17) is 5.73 Å². The number of amides is 1. The van der Waals surface area contributed by atoms with Gasteiger partial charge in [-0.25, -0.2) is 0 Å². The van der Waals surface area contributed by atoms with Crippen molar-refractivity contribution in [3.63, 3.8) is 0 Å². The lowest BCUT2D eigenvalue weighted by molar-refractivity contribution is -0.122. The van der Waals surface area contributed by atoms with Crippen LogP contribution in [0.3, 0.4) is 0 Å². The van der Waals surface area contributed by atoms with Gasteiger partial charge in [-0.2, -0.15) is 5.10 Å². The molecule has 1 fully saturated rings. The lowest BCUT2D eigenvalue weighted by atomic mass is 10.0. The number of aromatic nitrogens is 2. The second-order valence-electron chi connectivity index (χ2n) is 6.05. The predicted molar refractivity (Wildman–Crippen MR) is 97.3 cm³/mol. The number of nitrogens with two attached hydrogens (primary N) is 1. The minimum Gasteiger partial charge on any atom is -0.353 e. The van der Waals surface area contributed by atoms with Crippen molar-refractivity contribution in [2.75, 3.05) is 18.0 Å². The first kappa shape index (κ1) is 21.9. The normalized spacial score (nSPS) is 18.1. The second kappa shape index (κ2) is 10.6. The fraction of sp³-hybridized carbons (Fsp3) is 0.667. The predicted octanol–water partition coefficient (Wildman–Crippen LogP) is 1.78. The highest BCUT2D eigenvalue weighted by molar-refractivity contribution is 5.85. The van der Waals surface area contributed by atoms with Gasteiger partial charge < -0.3 is 16.0 Å². The van der Waals surface area contributed by atoms with Gasteiger partial charge in [0.1, 0.15) is 0 Å². The van der Waals surface area contributed by atoms with E-state index in [1.54, 1.807) is 6.20 Å². The van der Waals surface area contributed by atoms with Crippen LogP contribution in [0.5, 0.6) is 0 Å². The second-order valence-corrected chi connectivity index (χ2v) is 6.05. The fourth-order valence-corrected chi connectivity index (χ4v) is 2.76. The van der Waals surface area contributed by atoms with Crippen LogP contribution in [0.4, 0.5) is 5.82 Å². The maximum Gasteiger partial charge on any atom is 0.236 e. The number of anilines is 1. The van der Waals surface area contributed by atoms with Crippen LogP contribution in [-0.4, -0.2) is 41.3 Å². The van der Waals surface area contributed by atoms with E-state index in [1.165, 1.54) is 0 Å². The van der Waals surface area contributed by atoms with E-state index in [0.717, 1.165) is 25.2 Å². The van der Waals surface area contributed by atoms with Crippen LogP contribution in [-0.2, 0) is 4.79 Å². The molecule has 0 bridgehead atoms. The third kappa shape index (κ3) is 6.49. The zero-order chi connectivity index (χ0) is 15.2. The molecule has 1 saturated heterocycles. The lowest BCUT2D eigenvalue weighted by Crippen LogP contribution is -2.46. The molecule has 8 heteroatoms. The van der Waals surface area contributed by atoms with E-state index in [0.29, 0.717) is 18.9 Å². The molecule has 0 aromatic carbocycles. The Morgan fingerprint density at radius 1 is 1.48 bits per heavy atom. The van der Waals surface area contributed by atoms with Gasteiger partial charge in [-0.15, -0.1) is 29.9 Å². The highest BCUT2D eigenvalue weighted by atomic mass is 35.5. The zero-order valence-electron chi connectivity index (χ0n) is 13.6. The molecule has 6 nitrogen and oxygen atoms in total. The van der Waals surface area contributed by atoms with Crippen LogP contribution >= 0.6 is 24.8 Å². The first-order chi connectivity index (χ1) is 10.1. The van der Waals surface area contributed by atoms with Crippen LogP contribution in [0, 0.1) is 5.92 Å². The van der Waals surface area contributed by atoms with Crippen molar-refractivity contribution in [3.05, 3.63) is 18.3 Å². The first-order valence-electron chi connectivity index (χ1n) is 7.65. The molecule has 0 aliphatic carbocycles. The van der Waals surface area contributed by atoms with Crippen LogP contribution in [0.1, 0.15) is 33.1 Å². The molecule has 2 heterocycles. The number of carbonyl (C=O) groups is 1. The largest absolute Gasteiger partial charge is 0.353 e. The van der Waals surface area contributed by atoms with Crippen molar-refractivity contribution in [3.8, 4) is 0 Å². The number of hydrogen-bond donors (Lipinski definition) is 2. The molecule has 1 aliphatic heterocycles. The summed E-state index contributed by atoms with van der Waals surface area (Å²) in [5.74, 6) is 1.24. The summed E-state index contributed by atoms with van der Waals surface area (Å²) in [7, 11) is 0. The van der Waals surface area contributed by atoms with Crippen molar-refractivity contribution in [2.24, 2.45) is 11.7 Å². The van der Waals surface area contributed by atoms with Crippen LogP contribution < -0.4 is 16.0 Å². The van der Waals surface area contributed by atoms with Crippen molar-refractivity contribution >= 4 is 36.5 Å². The van der Waals surface area contributed by atoms with Gasteiger partial charge in [-0.3, -0.25) is 4.79 Å². The molecule has 1 aliphatic rings. The van der Waals surface area contributed by atoms with Gasteiger partial charge in [0.15, 0.2) is 5.82 Å². The molecule has 23 heavy (non-hydrogen) atoms. The first-order valence-corrected chi connectivity index (χ1v) is 7.65. The summed E-state index contributed by atoms with van der Waals surface area (Å²) < 4.78 is 0. The molecule has 1 amide bonds. The minimum atomic E-state index is -0.420. The van der Waals surface area contributed by atoms with Gasteiger partial charge in [-0.05, 0) is 37.3 Å². The molecule has 0 radical (unpaired) electrons. The molecule has 132 valence electrons. The summed E-state index contributed by atoms with van der Waals surface area (Å²) in [4.78, 5) is 14.2. The summed E-state index contributed by atoms with van der Waals surface area (Å²) in [5.41, 5.74) is 5.90. The molecule has 1 unspecified atom stereocenters. The highest BCUT2D eigenvalue weighted by Crippen LogP contribution is 2.22. The van der Waals surface area contributed by atoms with Crippen LogP contribution in [0.2, 0.25) is 0 Å². The smallest absolute Gasteiger partial charge is 0.236 e. The quantitative estimate of drug-likeness (QED) is 0.804. The summed E-state index contributed by atoms with van der Waals surface area (Å²) >= 11 is 0. The van der Waals surface area contributed by atoms with E-state index in [-0.39, 0.29) is 36.8 Å². The highest BCUT2D eigenvalue weighted by Gasteiger charge is 2.26. The molecule has 2 atom stereocenters. The van der Waals surface area contributed by atoms with Gasteiger partial charge in [0.25, 0.3) is 0 Å². The molecule has 1 aromatic rings. The lowest BCUT2D eigenvalue weighted by Gasteiger charge is -2.26. The molecule has 0 spiro atoms. The van der Waals surface area contributed by atoms with E-state index < -0.39 is 6.04 Å². The molecule has 0 saturated carbocycles. The topological polar surface area (TPSA) is 84.1 Å². The standard InChI is InChI=1S/C15H25N5O.2ClH/c1-11(2)9-13(16)15(21)17-10-12-5-4-8-20(12)14-6-3-7-18-19-14;;/h3,6-7,11-13H,4-5,8-10,16H2,1-2H3,(H,17,21);2*1H/t12?,13-;;/m0../s1.